The van der Waals surface area contributed by atoms with E-state index in [-0.39, 0.29) is 0 Å². The first-order valence-electron chi connectivity index (χ1n) is 3.02. The average Bonchev–Trinajstić information content (AvgIpc) is 1.87. The number of nitrogens with two attached hydrogens (primary N) is 1. The Morgan fingerprint density at radius 3 is 2.80 bits per heavy atom. The van der Waals surface area contributed by atoms with Gasteiger partial charge in [-0.3, -0.25) is 0 Å². The second-order valence-corrected chi connectivity index (χ2v) is 2.86. The van der Waals surface area contributed by atoms with Crippen molar-refractivity contribution in [1.29, 1.82) is 0 Å². The molecule has 0 spiro atoms. The molecule has 0 aliphatic carbocycles. The highest BCUT2D eigenvalue weighted by Crippen LogP contribution is 1.94. The van der Waals surface area contributed by atoms with Gasteiger partial charge in [-0.2, -0.15) is 11.8 Å². The molecular weight excluding hydrogens is 152 g/mol. The Hall–Kier alpha value is -0.420. The number of amides is 1. The minimum atomic E-state index is -0.964. The van der Waals surface area contributed by atoms with Crippen molar-refractivity contribution in [2.75, 3.05) is 24.6 Å². The number of rotatable bonds is 5. The molecule has 0 aromatic rings. The van der Waals surface area contributed by atoms with Gasteiger partial charge in [0.25, 0.3) is 0 Å². The van der Waals surface area contributed by atoms with E-state index in [1.807, 2.05) is 0 Å². The Morgan fingerprint density at radius 2 is 2.30 bits per heavy atom. The van der Waals surface area contributed by atoms with E-state index in [2.05, 4.69) is 5.32 Å². The number of hydrogen-bond acceptors (Lipinski definition) is 3. The fourth-order valence-corrected chi connectivity index (χ4v) is 1.03. The highest BCUT2D eigenvalue weighted by molar-refractivity contribution is 7.99. The molecule has 0 aliphatic heterocycles. The van der Waals surface area contributed by atoms with Crippen LogP contribution in [-0.4, -0.2) is 35.8 Å². The third kappa shape index (κ3) is 7.58. The minimum Gasteiger partial charge on any atom is -0.465 e. The van der Waals surface area contributed by atoms with Gasteiger partial charge in [-0.05, 0) is 0 Å². The molecule has 1 amide bonds. The van der Waals surface area contributed by atoms with E-state index in [9.17, 15) is 4.79 Å². The molecule has 10 heavy (non-hydrogen) atoms. The Morgan fingerprint density at radius 1 is 1.60 bits per heavy atom. The first kappa shape index (κ1) is 9.58. The summed E-state index contributed by atoms with van der Waals surface area (Å²) < 4.78 is 0. The molecule has 0 aromatic heterocycles. The maximum absolute atomic E-state index is 9.89. The van der Waals surface area contributed by atoms with Gasteiger partial charge in [0, 0.05) is 24.6 Å². The summed E-state index contributed by atoms with van der Waals surface area (Å²) in [7, 11) is 0. The van der Waals surface area contributed by atoms with Crippen LogP contribution < -0.4 is 11.1 Å². The van der Waals surface area contributed by atoms with Gasteiger partial charge in [-0.15, -0.1) is 0 Å². The van der Waals surface area contributed by atoms with Gasteiger partial charge in [0.15, 0.2) is 0 Å². The van der Waals surface area contributed by atoms with Gasteiger partial charge in [-0.25, -0.2) is 4.79 Å². The number of thioether (sulfide) groups is 1. The molecule has 0 aliphatic rings. The normalized spacial score (nSPS) is 9.30. The van der Waals surface area contributed by atoms with Crippen LogP contribution in [0.15, 0.2) is 0 Å². The molecule has 4 nitrogen and oxygen atoms in total. The SMILES string of the molecule is NCCSCCNC(=O)O. The Labute approximate surface area is 64.2 Å². The van der Waals surface area contributed by atoms with Gasteiger partial charge in [0.2, 0.25) is 0 Å². The van der Waals surface area contributed by atoms with Crippen LogP contribution in [0.3, 0.4) is 0 Å². The van der Waals surface area contributed by atoms with E-state index >= 15 is 0 Å². The van der Waals surface area contributed by atoms with Gasteiger partial charge in [-0.1, -0.05) is 0 Å². The van der Waals surface area contributed by atoms with Gasteiger partial charge in [0.05, 0.1) is 0 Å². The number of carbonyl (C=O) groups is 1. The molecule has 0 bridgehead atoms. The van der Waals surface area contributed by atoms with Crippen LogP contribution in [0.25, 0.3) is 0 Å². The molecule has 5 heteroatoms. The molecule has 0 atom stereocenters. The first-order chi connectivity index (χ1) is 4.77. The zero-order chi connectivity index (χ0) is 7.82. The van der Waals surface area contributed by atoms with Crippen LogP contribution in [0.2, 0.25) is 0 Å². The van der Waals surface area contributed by atoms with Gasteiger partial charge >= 0.3 is 6.09 Å². The lowest BCUT2D eigenvalue weighted by Gasteiger charge is -1.98. The van der Waals surface area contributed by atoms with E-state index < -0.39 is 6.09 Å². The summed E-state index contributed by atoms with van der Waals surface area (Å²) in [6.07, 6.45) is -0.964. The number of carboxylic acid groups (broad SMARTS) is 1. The lowest BCUT2D eigenvalue weighted by Crippen LogP contribution is -2.23. The molecule has 0 saturated heterocycles. The quantitative estimate of drug-likeness (QED) is 0.498. The molecule has 0 radical (unpaired) electrons. The van der Waals surface area contributed by atoms with Gasteiger partial charge in [0.1, 0.15) is 0 Å². The monoisotopic (exact) mass is 164 g/mol. The summed E-state index contributed by atoms with van der Waals surface area (Å²) in [6, 6.07) is 0. The molecule has 60 valence electrons. The standard InChI is InChI=1S/C5H12N2O2S/c6-1-3-10-4-2-7-5(8)9/h7H,1-4,6H2,(H,8,9). The molecule has 0 aromatic carbocycles. The maximum Gasteiger partial charge on any atom is 0.404 e. The predicted molar refractivity (Wildman–Crippen MR) is 42.4 cm³/mol. The average molecular weight is 164 g/mol. The lowest BCUT2D eigenvalue weighted by molar-refractivity contribution is 0.195. The van der Waals surface area contributed by atoms with E-state index in [4.69, 9.17) is 10.8 Å². The minimum absolute atomic E-state index is 0.500. The lowest BCUT2D eigenvalue weighted by atomic mass is 10.7. The molecule has 0 fully saturated rings. The van der Waals surface area contributed by atoms with Crippen molar-refractivity contribution >= 4 is 17.9 Å². The summed E-state index contributed by atoms with van der Waals surface area (Å²) in [5, 5.41) is 10.4. The van der Waals surface area contributed by atoms with Crippen molar-refractivity contribution in [3.05, 3.63) is 0 Å². The number of nitrogens with one attached hydrogen (secondary N) is 1. The van der Waals surface area contributed by atoms with Crippen LogP contribution in [0.5, 0.6) is 0 Å². The predicted octanol–water partition coefficient (Wildman–Crippen LogP) is -0.0541. The van der Waals surface area contributed by atoms with Crippen LogP contribution in [-0.2, 0) is 0 Å². The second-order valence-electron chi connectivity index (χ2n) is 1.63. The topological polar surface area (TPSA) is 75.3 Å². The fraction of sp³-hybridized carbons (Fsp3) is 0.800. The van der Waals surface area contributed by atoms with Gasteiger partial charge < -0.3 is 16.2 Å². The Balaban J connectivity index is 2.84. The molecular formula is C5H12N2O2S. The van der Waals surface area contributed by atoms with Crippen LogP contribution in [0.4, 0.5) is 4.79 Å². The summed E-state index contributed by atoms with van der Waals surface area (Å²) in [4.78, 5) is 9.89. The fourth-order valence-electron chi connectivity index (χ4n) is 0.416. The third-order valence-electron chi connectivity index (χ3n) is 0.785. The summed E-state index contributed by atoms with van der Waals surface area (Å²) in [6.45, 7) is 1.15. The van der Waals surface area contributed by atoms with E-state index in [0.29, 0.717) is 13.1 Å². The second kappa shape index (κ2) is 6.70. The molecule has 0 rings (SSSR count). The van der Waals surface area contributed by atoms with Crippen molar-refractivity contribution in [2.45, 2.75) is 0 Å². The highest BCUT2D eigenvalue weighted by atomic mass is 32.2. The van der Waals surface area contributed by atoms with E-state index in [0.717, 1.165) is 11.5 Å². The van der Waals surface area contributed by atoms with Crippen molar-refractivity contribution < 1.29 is 9.90 Å². The van der Waals surface area contributed by atoms with Crippen LogP contribution in [0, 0.1) is 0 Å². The summed E-state index contributed by atoms with van der Waals surface area (Å²) in [5.41, 5.74) is 5.21. The number of hydrogen-bond donors (Lipinski definition) is 3. The van der Waals surface area contributed by atoms with Crippen LogP contribution in [0.1, 0.15) is 0 Å². The molecule has 0 saturated carbocycles. The van der Waals surface area contributed by atoms with Crippen LogP contribution >= 0.6 is 11.8 Å². The highest BCUT2D eigenvalue weighted by Gasteiger charge is 1.91. The van der Waals surface area contributed by atoms with Crippen molar-refractivity contribution in [2.24, 2.45) is 5.73 Å². The Kier molecular flexibility index (Phi) is 6.42. The van der Waals surface area contributed by atoms with Crippen molar-refractivity contribution in [3.63, 3.8) is 0 Å². The van der Waals surface area contributed by atoms with E-state index in [1.54, 1.807) is 11.8 Å². The largest absolute Gasteiger partial charge is 0.465 e. The molecule has 0 heterocycles. The molecule has 0 unspecified atom stereocenters. The van der Waals surface area contributed by atoms with E-state index in [1.165, 1.54) is 0 Å². The third-order valence-corrected chi connectivity index (χ3v) is 1.80. The summed E-state index contributed by atoms with van der Waals surface area (Å²) in [5.74, 6) is 1.69. The summed E-state index contributed by atoms with van der Waals surface area (Å²) >= 11 is 1.64. The van der Waals surface area contributed by atoms with Crippen molar-refractivity contribution in [3.8, 4) is 0 Å². The Bertz CT molecular complexity index is 99.6. The smallest absolute Gasteiger partial charge is 0.404 e. The molecule has 4 N–H and O–H groups in total. The first-order valence-corrected chi connectivity index (χ1v) is 4.17. The van der Waals surface area contributed by atoms with Crippen molar-refractivity contribution in [1.82, 2.24) is 5.32 Å². The zero-order valence-electron chi connectivity index (χ0n) is 5.67. The zero-order valence-corrected chi connectivity index (χ0v) is 6.49. The maximum atomic E-state index is 9.89.